The molecule has 2 aromatic rings. The summed E-state index contributed by atoms with van der Waals surface area (Å²) < 4.78 is 1.26. The van der Waals surface area contributed by atoms with Crippen LogP contribution in [0.5, 0.6) is 0 Å². The normalized spacial score (nSPS) is 22.3. The zero-order valence-corrected chi connectivity index (χ0v) is 16.2. The van der Waals surface area contributed by atoms with E-state index in [1.165, 1.54) is 4.68 Å². The van der Waals surface area contributed by atoms with E-state index in [4.69, 9.17) is 16.6 Å². The van der Waals surface area contributed by atoms with Gasteiger partial charge >= 0.3 is 0 Å². The Hall–Kier alpha value is -2.15. The first kappa shape index (κ1) is 17.3. The van der Waals surface area contributed by atoms with Crippen LogP contribution in [0.2, 0.25) is 5.02 Å². The van der Waals surface area contributed by atoms with Crippen LogP contribution in [0.15, 0.2) is 23.3 Å². The Morgan fingerprint density at radius 3 is 2.58 bits per heavy atom. The van der Waals surface area contributed by atoms with Crippen LogP contribution >= 0.6 is 11.6 Å². The largest absolute Gasteiger partial charge is 0.365 e. The van der Waals surface area contributed by atoms with Gasteiger partial charge in [0.15, 0.2) is 0 Å². The molecule has 0 radical (unpaired) electrons. The predicted molar refractivity (Wildman–Crippen MR) is 102 cm³/mol. The topological polar surface area (TPSA) is 67.2 Å². The molecule has 2 bridgehead atoms. The van der Waals surface area contributed by atoms with Gasteiger partial charge in [0, 0.05) is 31.7 Å². The summed E-state index contributed by atoms with van der Waals surface area (Å²) in [5.74, 6) is 1.84. The number of rotatable bonds is 2. The van der Waals surface area contributed by atoms with Gasteiger partial charge < -0.3 is 9.80 Å². The summed E-state index contributed by atoms with van der Waals surface area (Å²) in [7, 11) is 1.61. The molecular formula is C18H23ClN6O. The van der Waals surface area contributed by atoms with Crippen molar-refractivity contribution in [3.8, 4) is 0 Å². The van der Waals surface area contributed by atoms with Gasteiger partial charge in [-0.3, -0.25) is 4.79 Å². The van der Waals surface area contributed by atoms with Crippen LogP contribution in [-0.4, -0.2) is 44.9 Å². The van der Waals surface area contributed by atoms with Crippen LogP contribution in [-0.2, 0) is 12.5 Å². The summed E-state index contributed by atoms with van der Waals surface area (Å²) in [6.07, 6.45) is 4.65. The van der Waals surface area contributed by atoms with E-state index in [0.717, 1.165) is 36.8 Å². The lowest BCUT2D eigenvalue weighted by Gasteiger charge is -2.57. The third kappa shape index (κ3) is 2.74. The molecule has 8 heteroatoms. The Bertz CT molecular complexity index is 893. The first-order valence-electron chi connectivity index (χ1n) is 8.84. The number of aromatic nitrogens is 4. The van der Waals surface area contributed by atoms with Crippen LogP contribution < -0.4 is 15.4 Å². The third-order valence-electron chi connectivity index (χ3n) is 5.17. The van der Waals surface area contributed by atoms with Crippen LogP contribution in [0.25, 0.3) is 0 Å². The van der Waals surface area contributed by atoms with E-state index in [0.29, 0.717) is 12.1 Å². The zero-order chi connectivity index (χ0) is 18.6. The van der Waals surface area contributed by atoms with Gasteiger partial charge in [-0.25, -0.2) is 14.6 Å². The lowest BCUT2D eigenvalue weighted by Crippen LogP contribution is -2.69. The predicted octanol–water partition coefficient (Wildman–Crippen LogP) is 1.99. The summed E-state index contributed by atoms with van der Waals surface area (Å²) >= 11 is 6.27. The quantitative estimate of drug-likeness (QED) is 0.800. The van der Waals surface area contributed by atoms with E-state index in [9.17, 15) is 4.79 Å². The van der Waals surface area contributed by atoms with Crippen molar-refractivity contribution in [3.05, 3.63) is 39.7 Å². The molecule has 138 valence electrons. The number of hydrogen-bond acceptors (Lipinski definition) is 6. The van der Waals surface area contributed by atoms with Gasteiger partial charge in [-0.05, 0) is 12.5 Å². The maximum Gasteiger partial charge on any atom is 0.287 e. The van der Waals surface area contributed by atoms with Gasteiger partial charge in [-0.2, -0.15) is 5.10 Å². The minimum Gasteiger partial charge on any atom is -0.365 e. The minimum atomic E-state index is -0.258. The molecule has 0 amide bonds. The number of nitrogens with zero attached hydrogens (tertiary/aromatic N) is 6. The van der Waals surface area contributed by atoms with Crippen molar-refractivity contribution < 1.29 is 0 Å². The highest BCUT2D eigenvalue weighted by atomic mass is 35.5. The van der Waals surface area contributed by atoms with Crippen LogP contribution in [0.4, 0.5) is 11.5 Å². The molecule has 3 saturated heterocycles. The maximum atomic E-state index is 12.1. The number of fused-ring (bicyclic) bond motifs is 2. The second kappa shape index (κ2) is 5.94. The molecule has 3 fully saturated rings. The summed E-state index contributed by atoms with van der Waals surface area (Å²) in [4.78, 5) is 25.8. The fourth-order valence-corrected chi connectivity index (χ4v) is 4.05. The molecule has 3 aliphatic rings. The summed E-state index contributed by atoms with van der Waals surface area (Å²) in [6, 6.07) is 2.70. The molecule has 26 heavy (non-hydrogen) atoms. The highest BCUT2D eigenvalue weighted by Gasteiger charge is 2.46. The SMILES string of the molecule is Cn1ncc(N2CC3CC(C2)N3c2ccnc(C(C)(C)C)n2)c(Cl)c1=O. The van der Waals surface area contributed by atoms with E-state index in [1.54, 1.807) is 13.2 Å². The molecule has 2 unspecified atom stereocenters. The minimum absolute atomic E-state index is 0.0781. The molecule has 0 spiro atoms. The second-order valence-corrected chi connectivity index (χ2v) is 8.49. The molecule has 7 nitrogen and oxygen atoms in total. The lowest BCUT2D eigenvalue weighted by atomic mass is 9.87. The van der Waals surface area contributed by atoms with Crippen LogP contribution in [0, 0.1) is 0 Å². The van der Waals surface area contributed by atoms with Gasteiger partial charge in [-0.1, -0.05) is 32.4 Å². The van der Waals surface area contributed by atoms with Crippen molar-refractivity contribution in [3.63, 3.8) is 0 Å². The summed E-state index contributed by atoms with van der Waals surface area (Å²) in [6.45, 7) is 7.97. The van der Waals surface area contributed by atoms with Gasteiger partial charge in [0.1, 0.15) is 16.7 Å². The molecule has 3 aliphatic heterocycles. The summed E-state index contributed by atoms with van der Waals surface area (Å²) in [5.41, 5.74) is 0.388. The van der Waals surface area contributed by atoms with Crippen molar-refractivity contribution in [2.24, 2.45) is 7.05 Å². The average Bonchev–Trinajstić information content (AvgIpc) is 2.59. The average molecular weight is 375 g/mol. The standard InChI is InChI=1S/C18H23ClN6O/c1-18(2,3)17-20-6-5-14(22-17)25-11-7-12(25)10-24(9-11)13-8-21-23(4)16(26)15(13)19/h5-6,8,11-12H,7,9-10H2,1-4H3. The fraction of sp³-hybridized carbons (Fsp3) is 0.556. The van der Waals surface area contributed by atoms with Crippen molar-refractivity contribution in [1.29, 1.82) is 0 Å². The van der Waals surface area contributed by atoms with E-state index in [-0.39, 0.29) is 16.0 Å². The molecule has 0 saturated carbocycles. The molecule has 2 atom stereocenters. The molecule has 0 N–H and O–H groups in total. The van der Waals surface area contributed by atoms with Gasteiger partial charge in [0.2, 0.25) is 0 Å². The first-order chi connectivity index (χ1) is 12.3. The van der Waals surface area contributed by atoms with E-state index < -0.39 is 0 Å². The van der Waals surface area contributed by atoms with E-state index in [1.807, 2.05) is 12.3 Å². The Balaban J connectivity index is 1.57. The van der Waals surface area contributed by atoms with Crippen LogP contribution in [0.3, 0.4) is 0 Å². The number of piperidine rings is 1. The monoisotopic (exact) mass is 374 g/mol. The highest BCUT2D eigenvalue weighted by Crippen LogP contribution is 2.38. The smallest absolute Gasteiger partial charge is 0.287 e. The second-order valence-electron chi connectivity index (χ2n) is 8.12. The molecule has 2 aromatic heterocycles. The number of piperazine rings is 1. The van der Waals surface area contributed by atoms with Crippen molar-refractivity contribution >= 4 is 23.1 Å². The highest BCUT2D eigenvalue weighted by molar-refractivity contribution is 6.33. The molecular weight excluding hydrogens is 352 g/mol. The number of aryl methyl sites for hydroxylation is 1. The van der Waals surface area contributed by atoms with Gasteiger partial charge in [0.05, 0.1) is 24.0 Å². The Kier molecular flexibility index (Phi) is 3.95. The fourth-order valence-electron chi connectivity index (χ4n) is 3.76. The third-order valence-corrected chi connectivity index (χ3v) is 5.53. The zero-order valence-electron chi connectivity index (χ0n) is 15.5. The number of halogens is 1. The van der Waals surface area contributed by atoms with Crippen LogP contribution in [0.1, 0.15) is 33.0 Å². The van der Waals surface area contributed by atoms with Gasteiger partial charge in [0.25, 0.3) is 5.56 Å². The Labute approximate surface area is 157 Å². The molecule has 0 aromatic carbocycles. The number of hydrogen-bond donors (Lipinski definition) is 0. The van der Waals surface area contributed by atoms with Crippen molar-refractivity contribution in [2.75, 3.05) is 22.9 Å². The van der Waals surface area contributed by atoms with Gasteiger partial charge in [-0.15, -0.1) is 0 Å². The maximum absolute atomic E-state index is 12.1. The number of anilines is 2. The Morgan fingerprint density at radius 2 is 1.92 bits per heavy atom. The Morgan fingerprint density at radius 1 is 1.23 bits per heavy atom. The van der Waals surface area contributed by atoms with E-state index in [2.05, 4.69) is 40.7 Å². The lowest BCUT2D eigenvalue weighted by molar-refractivity contribution is 0.288. The summed E-state index contributed by atoms with van der Waals surface area (Å²) in [5, 5.41) is 4.36. The van der Waals surface area contributed by atoms with Crippen molar-refractivity contribution in [2.45, 2.75) is 44.7 Å². The molecule has 0 aliphatic carbocycles. The van der Waals surface area contributed by atoms with Crippen molar-refractivity contribution in [1.82, 2.24) is 19.7 Å². The molecule has 5 heterocycles. The molecule has 5 rings (SSSR count). The first-order valence-corrected chi connectivity index (χ1v) is 9.22. The van der Waals surface area contributed by atoms with E-state index >= 15 is 0 Å².